The number of unbranched alkanes of at least 4 members (excludes halogenated alkanes) is 34. The monoisotopic (exact) mass is 1280 g/mol. The number of ether oxygens (including phenoxy) is 4. The maximum atomic E-state index is 13.0. The van der Waals surface area contributed by atoms with Crippen LogP contribution in [-0.4, -0.2) is 96.7 Å². The summed E-state index contributed by atoms with van der Waals surface area (Å²) in [6, 6.07) is 0. The summed E-state index contributed by atoms with van der Waals surface area (Å²) in [5.41, 5.74) is 0. The van der Waals surface area contributed by atoms with Gasteiger partial charge in [-0.15, -0.1) is 0 Å². The molecular weight excluding hydrogens is 1150 g/mol. The SMILES string of the molecule is CCCCCCCCCCCC(=O)OC[C@H](COP(=O)(O)OC[C@H](O)COP(=O)(O)OC[C@@H](COC(=O)CCCCCCCCCCCC(C)C)OC(=O)CCCCCCCCCCCCCCC(C)C)OC(=O)CCCCCCCCCCC(C)C. The van der Waals surface area contributed by atoms with Crippen LogP contribution in [0.3, 0.4) is 0 Å². The first-order valence-electron chi connectivity index (χ1n) is 35.3. The Morgan fingerprint density at radius 1 is 0.310 bits per heavy atom. The molecule has 0 aliphatic rings. The molecule has 87 heavy (non-hydrogen) atoms. The van der Waals surface area contributed by atoms with Crippen molar-refractivity contribution in [2.75, 3.05) is 39.6 Å². The maximum absolute atomic E-state index is 13.0. The third-order valence-electron chi connectivity index (χ3n) is 15.6. The number of esters is 4. The van der Waals surface area contributed by atoms with E-state index in [4.69, 9.17) is 37.0 Å². The van der Waals surface area contributed by atoms with Gasteiger partial charge in [0.05, 0.1) is 26.4 Å². The molecule has 0 fully saturated rings. The van der Waals surface area contributed by atoms with Gasteiger partial charge >= 0.3 is 39.5 Å². The molecule has 0 saturated heterocycles. The molecule has 17 nitrogen and oxygen atoms in total. The van der Waals surface area contributed by atoms with Gasteiger partial charge < -0.3 is 33.8 Å². The number of hydrogen-bond donors (Lipinski definition) is 3. The van der Waals surface area contributed by atoms with Gasteiger partial charge in [-0.25, -0.2) is 9.13 Å². The molecule has 0 saturated carbocycles. The van der Waals surface area contributed by atoms with Crippen molar-refractivity contribution in [2.24, 2.45) is 17.8 Å². The van der Waals surface area contributed by atoms with E-state index >= 15 is 0 Å². The van der Waals surface area contributed by atoms with E-state index in [1.807, 2.05) is 0 Å². The number of carbonyl (C=O) groups is 4. The number of aliphatic hydroxyl groups is 1. The van der Waals surface area contributed by atoms with E-state index in [1.54, 1.807) is 0 Å². The molecule has 0 aromatic heterocycles. The molecule has 0 aromatic carbocycles. The van der Waals surface area contributed by atoms with Crippen molar-refractivity contribution in [3.63, 3.8) is 0 Å². The van der Waals surface area contributed by atoms with Crippen molar-refractivity contribution in [1.29, 1.82) is 0 Å². The lowest BCUT2D eigenvalue weighted by molar-refractivity contribution is -0.161. The van der Waals surface area contributed by atoms with Gasteiger partial charge in [0.15, 0.2) is 12.2 Å². The lowest BCUT2D eigenvalue weighted by Gasteiger charge is -2.21. The van der Waals surface area contributed by atoms with E-state index in [0.717, 1.165) is 108 Å². The van der Waals surface area contributed by atoms with Crippen LogP contribution in [0.15, 0.2) is 0 Å². The second-order valence-electron chi connectivity index (χ2n) is 26.0. The third kappa shape index (κ3) is 62.6. The zero-order chi connectivity index (χ0) is 64.5. The highest BCUT2D eigenvalue weighted by Crippen LogP contribution is 2.45. The molecule has 0 heterocycles. The highest BCUT2D eigenvalue weighted by molar-refractivity contribution is 7.47. The predicted octanol–water partition coefficient (Wildman–Crippen LogP) is 19.1. The summed E-state index contributed by atoms with van der Waals surface area (Å²) in [4.78, 5) is 72.4. The molecular formula is C68H132O17P2. The van der Waals surface area contributed by atoms with Crippen molar-refractivity contribution in [1.82, 2.24) is 0 Å². The second kappa shape index (κ2) is 59.1. The summed E-state index contributed by atoms with van der Waals surface area (Å²) in [6.07, 6.45) is 41.7. The van der Waals surface area contributed by atoms with Gasteiger partial charge in [-0.2, -0.15) is 0 Å². The van der Waals surface area contributed by atoms with Gasteiger partial charge in [-0.3, -0.25) is 37.3 Å². The Kier molecular flexibility index (Phi) is 57.8. The fourth-order valence-electron chi connectivity index (χ4n) is 10.2. The quantitative estimate of drug-likeness (QED) is 0.0222. The molecule has 0 aromatic rings. The number of rotatable bonds is 66. The summed E-state index contributed by atoms with van der Waals surface area (Å²) in [5, 5.41) is 10.6. The Balaban J connectivity index is 5.24. The zero-order valence-corrected chi connectivity index (χ0v) is 58.3. The summed E-state index contributed by atoms with van der Waals surface area (Å²) >= 11 is 0. The Morgan fingerprint density at radius 2 is 0.529 bits per heavy atom. The number of phosphoric acid groups is 2. The van der Waals surface area contributed by atoms with Crippen LogP contribution in [0.5, 0.6) is 0 Å². The van der Waals surface area contributed by atoms with Crippen LogP contribution in [0.25, 0.3) is 0 Å². The minimum absolute atomic E-state index is 0.104. The molecule has 0 amide bonds. The van der Waals surface area contributed by atoms with Crippen molar-refractivity contribution >= 4 is 39.5 Å². The fourth-order valence-corrected chi connectivity index (χ4v) is 11.8. The Labute approximate surface area is 530 Å². The summed E-state index contributed by atoms with van der Waals surface area (Å²) in [7, 11) is -9.90. The van der Waals surface area contributed by atoms with E-state index in [0.29, 0.717) is 25.7 Å². The maximum Gasteiger partial charge on any atom is 0.472 e. The van der Waals surface area contributed by atoms with E-state index in [-0.39, 0.29) is 25.7 Å². The van der Waals surface area contributed by atoms with Crippen molar-refractivity contribution in [3.05, 3.63) is 0 Å². The van der Waals surface area contributed by atoms with Gasteiger partial charge in [-0.1, -0.05) is 286 Å². The van der Waals surface area contributed by atoms with E-state index in [2.05, 4.69) is 48.5 Å². The van der Waals surface area contributed by atoms with Crippen LogP contribution in [0, 0.1) is 17.8 Å². The van der Waals surface area contributed by atoms with Crippen LogP contribution < -0.4 is 0 Å². The van der Waals surface area contributed by atoms with Crippen molar-refractivity contribution in [3.8, 4) is 0 Å². The molecule has 2 unspecified atom stereocenters. The van der Waals surface area contributed by atoms with Gasteiger partial charge in [0.1, 0.15) is 19.3 Å². The largest absolute Gasteiger partial charge is 0.472 e. The average molecular weight is 1280 g/mol. The number of aliphatic hydroxyl groups excluding tert-OH is 1. The summed E-state index contributed by atoms with van der Waals surface area (Å²) < 4.78 is 68.2. The first kappa shape index (κ1) is 85.1. The molecule has 0 radical (unpaired) electrons. The van der Waals surface area contributed by atoms with Crippen LogP contribution in [0.1, 0.15) is 337 Å². The average Bonchev–Trinajstić information content (AvgIpc) is 3.66. The summed E-state index contributed by atoms with van der Waals surface area (Å²) in [5.74, 6) is 0.107. The highest BCUT2D eigenvalue weighted by Gasteiger charge is 2.30. The Bertz CT molecular complexity index is 1720. The Hall–Kier alpha value is -1.94. The van der Waals surface area contributed by atoms with Crippen molar-refractivity contribution < 1.29 is 80.2 Å². The molecule has 0 aliphatic carbocycles. The molecule has 0 rings (SSSR count). The van der Waals surface area contributed by atoms with Crippen LogP contribution in [0.2, 0.25) is 0 Å². The lowest BCUT2D eigenvalue weighted by atomic mass is 10.0. The Morgan fingerprint density at radius 3 is 0.782 bits per heavy atom. The zero-order valence-electron chi connectivity index (χ0n) is 56.5. The number of carbonyl (C=O) groups excluding carboxylic acids is 4. The molecule has 0 aliphatic heterocycles. The minimum Gasteiger partial charge on any atom is -0.462 e. The fraction of sp³-hybridized carbons (Fsp3) is 0.941. The normalized spacial score (nSPS) is 14.3. The van der Waals surface area contributed by atoms with Crippen LogP contribution >= 0.6 is 15.6 Å². The number of hydrogen-bond acceptors (Lipinski definition) is 15. The lowest BCUT2D eigenvalue weighted by Crippen LogP contribution is -2.30. The smallest absolute Gasteiger partial charge is 0.462 e. The first-order chi connectivity index (χ1) is 41.7. The van der Waals surface area contributed by atoms with E-state index in [1.165, 1.54) is 148 Å². The molecule has 0 spiro atoms. The summed E-state index contributed by atoms with van der Waals surface area (Å²) in [6.45, 7) is 11.8. The van der Waals surface area contributed by atoms with Gasteiger partial charge in [0, 0.05) is 25.7 Å². The predicted molar refractivity (Wildman–Crippen MR) is 349 cm³/mol. The van der Waals surface area contributed by atoms with E-state index in [9.17, 15) is 43.2 Å². The topological polar surface area (TPSA) is 237 Å². The van der Waals surface area contributed by atoms with Crippen LogP contribution in [0.4, 0.5) is 0 Å². The molecule has 0 bridgehead atoms. The molecule has 516 valence electrons. The van der Waals surface area contributed by atoms with E-state index < -0.39 is 97.5 Å². The first-order valence-corrected chi connectivity index (χ1v) is 38.3. The van der Waals surface area contributed by atoms with Crippen LogP contribution in [-0.2, 0) is 65.4 Å². The van der Waals surface area contributed by atoms with Gasteiger partial charge in [-0.05, 0) is 43.4 Å². The highest BCUT2D eigenvalue weighted by atomic mass is 31.2. The molecule has 5 atom stereocenters. The van der Waals surface area contributed by atoms with Gasteiger partial charge in [0.25, 0.3) is 0 Å². The number of phosphoric ester groups is 2. The standard InChI is InChI=1S/C68H132O17P2/c1-8-9-10-11-12-18-28-35-42-49-65(70)78-55-64(85-68(73)52-45-38-31-24-23-27-34-41-48-61(6)7)58-83-87(76,77)81-54-62(69)53-80-86(74,75)82-57-63(56-79-66(71)50-43-36-29-22-17-20-26-33-40-47-60(4)5)84-67(72)51-44-37-30-21-16-14-13-15-19-25-32-39-46-59(2)3/h59-64,69H,8-58H2,1-7H3,(H,74,75)(H,76,77)/t62-,63-,64-/m1/s1. The van der Waals surface area contributed by atoms with Gasteiger partial charge in [0.2, 0.25) is 0 Å². The third-order valence-corrected chi connectivity index (χ3v) is 17.5. The molecule has 19 heteroatoms. The second-order valence-corrected chi connectivity index (χ2v) is 28.9. The minimum atomic E-state index is -4.95. The van der Waals surface area contributed by atoms with Crippen molar-refractivity contribution in [2.45, 2.75) is 356 Å². The molecule has 3 N–H and O–H groups in total.